The van der Waals surface area contributed by atoms with E-state index in [0.717, 1.165) is 6.07 Å². The van der Waals surface area contributed by atoms with E-state index < -0.39 is 50.1 Å². The van der Waals surface area contributed by atoms with E-state index in [0.29, 0.717) is 0 Å². The molecule has 1 amide bonds. The van der Waals surface area contributed by atoms with Crippen LogP contribution in [0, 0.1) is 0 Å². The number of hydrogen-bond donors (Lipinski definition) is 2. The minimum Gasteiger partial charge on any atom is -0.272 e. The highest BCUT2D eigenvalue weighted by Gasteiger charge is 2.39. The summed E-state index contributed by atoms with van der Waals surface area (Å²) in [6.07, 6.45) is -10.5. The van der Waals surface area contributed by atoms with Gasteiger partial charge in [0.05, 0.1) is 10.6 Å². The normalized spacial score (nSPS) is 12.7. The Morgan fingerprint density at radius 2 is 1.61 bits per heavy atom. The maximum atomic E-state index is 12.8. The standard InChI is InChI=1S/C14H8ClF6N3O3S/c15-8-3-1-2-4-10(8)28(26,27)24-23-12(25)9-5-7(13(16,17)18)6-11(22-9)14(19,20)21/h1-6,24H,(H,23,25). The van der Waals surface area contributed by atoms with Crippen molar-refractivity contribution >= 4 is 27.5 Å². The fourth-order valence-electron chi connectivity index (χ4n) is 1.85. The molecule has 0 spiro atoms. The maximum Gasteiger partial charge on any atom is 0.433 e. The smallest absolute Gasteiger partial charge is 0.272 e. The molecule has 0 atom stereocenters. The fourth-order valence-corrected chi connectivity index (χ4v) is 3.21. The number of carbonyl (C=O) groups is 1. The molecule has 1 heterocycles. The lowest BCUT2D eigenvalue weighted by Gasteiger charge is -2.14. The molecule has 28 heavy (non-hydrogen) atoms. The van der Waals surface area contributed by atoms with Crippen molar-refractivity contribution in [1.29, 1.82) is 0 Å². The number of benzene rings is 1. The van der Waals surface area contributed by atoms with Gasteiger partial charge in [-0.2, -0.15) is 26.3 Å². The number of nitrogens with zero attached hydrogens (tertiary/aromatic N) is 1. The second-order valence-corrected chi connectivity index (χ2v) is 7.17. The van der Waals surface area contributed by atoms with E-state index in [1.807, 2.05) is 0 Å². The largest absolute Gasteiger partial charge is 0.433 e. The zero-order valence-corrected chi connectivity index (χ0v) is 14.8. The molecule has 2 rings (SSSR count). The van der Waals surface area contributed by atoms with Crippen LogP contribution in [0.2, 0.25) is 5.02 Å². The molecule has 0 aliphatic carbocycles. The highest BCUT2D eigenvalue weighted by Crippen LogP contribution is 2.34. The molecule has 1 aromatic heterocycles. The van der Waals surface area contributed by atoms with Crippen LogP contribution < -0.4 is 10.3 Å². The molecule has 2 aromatic rings. The molecule has 0 saturated heterocycles. The predicted molar refractivity (Wildman–Crippen MR) is 83.5 cm³/mol. The third-order valence-electron chi connectivity index (χ3n) is 3.10. The molecule has 6 nitrogen and oxygen atoms in total. The van der Waals surface area contributed by atoms with Crippen LogP contribution in [0.5, 0.6) is 0 Å². The van der Waals surface area contributed by atoms with Crippen LogP contribution in [0.4, 0.5) is 26.3 Å². The number of halogens is 7. The summed E-state index contributed by atoms with van der Waals surface area (Å²) in [5.41, 5.74) is -3.57. The van der Waals surface area contributed by atoms with Gasteiger partial charge in [-0.3, -0.25) is 10.2 Å². The first-order chi connectivity index (χ1) is 12.7. The maximum absolute atomic E-state index is 12.8. The van der Waals surface area contributed by atoms with Gasteiger partial charge in [-0.1, -0.05) is 23.7 Å². The molecule has 0 bridgehead atoms. The van der Waals surface area contributed by atoms with E-state index in [1.165, 1.54) is 28.5 Å². The highest BCUT2D eigenvalue weighted by atomic mass is 35.5. The Balaban J connectivity index is 2.33. The van der Waals surface area contributed by atoms with E-state index in [4.69, 9.17) is 11.6 Å². The Hall–Kier alpha value is -2.38. The number of hydrogen-bond acceptors (Lipinski definition) is 4. The second-order valence-electron chi connectivity index (χ2n) is 5.11. The number of alkyl halides is 6. The summed E-state index contributed by atoms with van der Waals surface area (Å²) >= 11 is 5.69. The van der Waals surface area contributed by atoms with Crippen molar-refractivity contribution in [2.24, 2.45) is 0 Å². The molecule has 0 aliphatic heterocycles. The number of nitrogens with one attached hydrogen (secondary N) is 2. The van der Waals surface area contributed by atoms with Gasteiger partial charge >= 0.3 is 12.4 Å². The number of pyridine rings is 1. The third-order valence-corrected chi connectivity index (χ3v) is 4.85. The van der Waals surface area contributed by atoms with Crippen LogP contribution >= 0.6 is 11.6 Å². The molecule has 2 N–H and O–H groups in total. The van der Waals surface area contributed by atoms with Gasteiger partial charge in [-0.15, -0.1) is 4.83 Å². The summed E-state index contributed by atoms with van der Waals surface area (Å²) in [5, 5.41) is -0.235. The number of aromatic nitrogens is 1. The summed E-state index contributed by atoms with van der Waals surface area (Å²) in [7, 11) is -4.46. The average molecular weight is 448 g/mol. The fraction of sp³-hybridized carbons (Fsp3) is 0.143. The van der Waals surface area contributed by atoms with Crippen molar-refractivity contribution in [3.8, 4) is 0 Å². The Morgan fingerprint density at radius 1 is 1.00 bits per heavy atom. The number of carbonyl (C=O) groups excluding carboxylic acids is 1. The summed E-state index contributed by atoms with van der Waals surface area (Å²) in [5.74, 6) is -1.65. The van der Waals surface area contributed by atoms with Crippen LogP contribution in [0.25, 0.3) is 0 Å². The Labute approximate surface area is 158 Å². The van der Waals surface area contributed by atoms with Crippen LogP contribution in [0.1, 0.15) is 21.7 Å². The second kappa shape index (κ2) is 7.56. The van der Waals surface area contributed by atoms with Gasteiger partial charge in [0, 0.05) is 0 Å². The van der Waals surface area contributed by atoms with Gasteiger partial charge in [0.25, 0.3) is 15.9 Å². The Kier molecular flexibility index (Phi) is 5.92. The number of rotatable bonds is 4. The highest BCUT2D eigenvalue weighted by molar-refractivity contribution is 7.89. The zero-order valence-electron chi connectivity index (χ0n) is 13.2. The van der Waals surface area contributed by atoms with Gasteiger partial charge in [0.1, 0.15) is 16.3 Å². The van der Waals surface area contributed by atoms with Crippen molar-refractivity contribution in [2.45, 2.75) is 17.2 Å². The van der Waals surface area contributed by atoms with Gasteiger partial charge in [0.15, 0.2) is 0 Å². The molecular formula is C14H8ClF6N3O3S. The molecule has 0 radical (unpaired) electrons. The quantitative estimate of drug-likeness (QED) is 0.555. The lowest BCUT2D eigenvalue weighted by atomic mass is 10.1. The summed E-state index contributed by atoms with van der Waals surface area (Å²) in [6.45, 7) is 0. The third kappa shape index (κ3) is 5.11. The van der Waals surface area contributed by atoms with Crippen molar-refractivity contribution < 1.29 is 39.6 Å². The predicted octanol–water partition coefficient (Wildman–Crippen LogP) is 3.40. The Morgan fingerprint density at radius 3 is 2.14 bits per heavy atom. The molecule has 1 aromatic carbocycles. The van der Waals surface area contributed by atoms with Crippen molar-refractivity contribution in [3.05, 3.63) is 58.4 Å². The van der Waals surface area contributed by atoms with Gasteiger partial charge in [0.2, 0.25) is 0 Å². The lowest BCUT2D eigenvalue weighted by Crippen LogP contribution is -2.42. The average Bonchev–Trinajstić information content (AvgIpc) is 2.58. The molecule has 0 saturated carbocycles. The van der Waals surface area contributed by atoms with Crippen LogP contribution in [-0.2, 0) is 22.4 Å². The van der Waals surface area contributed by atoms with E-state index in [2.05, 4.69) is 4.98 Å². The summed E-state index contributed by atoms with van der Waals surface area (Å²) in [6, 6.07) is 4.75. The summed E-state index contributed by atoms with van der Waals surface area (Å²) in [4.78, 5) is 15.7. The van der Waals surface area contributed by atoms with Crippen molar-refractivity contribution in [1.82, 2.24) is 15.2 Å². The molecule has 0 unspecified atom stereocenters. The first-order valence-electron chi connectivity index (χ1n) is 6.95. The SMILES string of the molecule is O=C(NNS(=O)(=O)c1ccccc1Cl)c1cc(C(F)(F)F)cc(C(F)(F)F)n1. The number of hydrazine groups is 1. The molecule has 0 aliphatic rings. The number of amides is 1. The zero-order chi connectivity index (χ0) is 21.3. The van der Waals surface area contributed by atoms with Gasteiger partial charge in [-0.25, -0.2) is 13.4 Å². The van der Waals surface area contributed by atoms with E-state index >= 15 is 0 Å². The minimum absolute atomic E-state index is 0.0500. The van der Waals surface area contributed by atoms with E-state index in [9.17, 15) is 39.6 Å². The van der Waals surface area contributed by atoms with E-state index in [1.54, 1.807) is 0 Å². The first-order valence-corrected chi connectivity index (χ1v) is 8.81. The monoisotopic (exact) mass is 447 g/mol. The van der Waals surface area contributed by atoms with Crippen molar-refractivity contribution in [2.75, 3.05) is 0 Å². The van der Waals surface area contributed by atoms with Gasteiger partial charge in [-0.05, 0) is 24.3 Å². The van der Waals surface area contributed by atoms with Crippen LogP contribution in [0.3, 0.4) is 0 Å². The molecule has 152 valence electrons. The van der Waals surface area contributed by atoms with Crippen molar-refractivity contribution in [3.63, 3.8) is 0 Å². The van der Waals surface area contributed by atoms with Gasteiger partial charge < -0.3 is 0 Å². The Bertz CT molecular complexity index is 976. The molecule has 14 heteroatoms. The van der Waals surface area contributed by atoms with E-state index in [-0.39, 0.29) is 17.2 Å². The minimum atomic E-state index is -5.27. The summed E-state index contributed by atoms with van der Waals surface area (Å²) < 4.78 is 101. The topological polar surface area (TPSA) is 88.2 Å². The van der Waals surface area contributed by atoms with Crippen LogP contribution in [0.15, 0.2) is 41.3 Å². The molecular weight excluding hydrogens is 440 g/mol. The number of sulfonamides is 1. The first kappa shape index (κ1) is 21.9. The molecule has 0 fully saturated rings. The van der Waals surface area contributed by atoms with Crippen LogP contribution in [-0.4, -0.2) is 19.3 Å². The lowest BCUT2D eigenvalue weighted by molar-refractivity contribution is -0.145.